The Hall–Kier alpha value is -1.30. The predicted octanol–water partition coefficient (Wildman–Crippen LogP) is 6.54. The first-order chi connectivity index (χ1) is 10.2. The highest BCUT2D eigenvalue weighted by Gasteiger charge is 2.09. The van der Waals surface area contributed by atoms with E-state index in [1.807, 2.05) is 0 Å². The third-order valence-corrected chi connectivity index (χ3v) is 4.72. The average molecular weight is 282 g/mol. The number of unbranched alkanes of at least 4 members (excludes halogenated alkanes) is 4. The Kier molecular flexibility index (Phi) is 6.29. The molecule has 0 heterocycles. The van der Waals surface area contributed by atoms with E-state index in [1.165, 1.54) is 68.1 Å². The number of rotatable bonds is 8. The van der Waals surface area contributed by atoms with Crippen LogP contribution in [0, 0.1) is 6.92 Å². The maximum absolute atomic E-state index is 2.38. The highest BCUT2D eigenvalue weighted by molar-refractivity contribution is 5.40. The molecule has 0 saturated heterocycles. The molecule has 0 heteroatoms. The molecule has 0 saturated carbocycles. The molecule has 0 nitrogen and oxygen atoms in total. The van der Waals surface area contributed by atoms with E-state index in [1.54, 1.807) is 11.1 Å². The van der Waals surface area contributed by atoms with E-state index >= 15 is 0 Å². The molecule has 0 unspecified atom stereocenters. The molecule has 0 spiro atoms. The molecule has 21 heavy (non-hydrogen) atoms. The fraction of sp³-hybridized carbons (Fsp3) is 0.524. The van der Waals surface area contributed by atoms with Crippen molar-refractivity contribution in [3.05, 3.63) is 58.2 Å². The molecule has 0 radical (unpaired) electrons. The fourth-order valence-corrected chi connectivity index (χ4v) is 3.22. The summed E-state index contributed by atoms with van der Waals surface area (Å²) in [6, 6.07) is 9.01. The second kappa shape index (κ2) is 8.22. The van der Waals surface area contributed by atoms with Gasteiger partial charge >= 0.3 is 0 Å². The van der Waals surface area contributed by atoms with E-state index in [2.05, 4.69) is 51.1 Å². The maximum Gasteiger partial charge on any atom is -0.0130 e. The molecule has 1 aliphatic rings. The van der Waals surface area contributed by atoms with Gasteiger partial charge in [-0.15, -0.1) is 0 Å². The molecule has 0 aliphatic heterocycles. The van der Waals surface area contributed by atoms with Gasteiger partial charge in [-0.3, -0.25) is 0 Å². The van der Waals surface area contributed by atoms with Crippen LogP contribution in [0.1, 0.15) is 69.9 Å². The molecule has 2 rings (SSSR count). The van der Waals surface area contributed by atoms with Gasteiger partial charge in [0.05, 0.1) is 0 Å². The summed E-state index contributed by atoms with van der Waals surface area (Å²) in [7, 11) is 0. The van der Waals surface area contributed by atoms with Crippen LogP contribution in [0.5, 0.6) is 0 Å². The molecule has 1 aromatic rings. The summed E-state index contributed by atoms with van der Waals surface area (Å²) in [6.45, 7) is 6.72. The highest BCUT2D eigenvalue weighted by atomic mass is 14.2. The Morgan fingerprint density at radius 1 is 0.762 bits per heavy atom. The van der Waals surface area contributed by atoms with Crippen LogP contribution in [0.2, 0.25) is 0 Å². The van der Waals surface area contributed by atoms with Crippen LogP contribution < -0.4 is 0 Å². The number of hydrogen-bond acceptors (Lipinski definition) is 0. The van der Waals surface area contributed by atoms with E-state index < -0.39 is 0 Å². The van der Waals surface area contributed by atoms with Crippen LogP contribution in [-0.2, 0) is 6.42 Å². The molecule has 0 bridgehead atoms. The van der Waals surface area contributed by atoms with E-state index in [-0.39, 0.29) is 0 Å². The van der Waals surface area contributed by atoms with Crippen LogP contribution in [-0.4, -0.2) is 0 Å². The Balaban J connectivity index is 1.54. The third-order valence-electron chi connectivity index (χ3n) is 4.72. The van der Waals surface area contributed by atoms with Gasteiger partial charge in [0.1, 0.15) is 0 Å². The fourth-order valence-electron chi connectivity index (χ4n) is 3.22. The summed E-state index contributed by atoms with van der Waals surface area (Å²) in [5.41, 5.74) is 7.64. The molecule has 1 aromatic carbocycles. The minimum atomic E-state index is 1.19. The lowest BCUT2D eigenvalue weighted by atomic mass is 9.99. The monoisotopic (exact) mass is 282 g/mol. The molecule has 0 amide bonds. The Morgan fingerprint density at radius 2 is 1.38 bits per heavy atom. The summed E-state index contributed by atoms with van der Waals surface area (Å²) in [6.07, 6.45) is 13.0. The molecule has 114 valence electrons. The lowest BCUT2D eigenvalue weighted by molar-refractivity contribution is 0.612. The molecule has 0 fully saturated rings. The third kappa shape index (κ3) is 5.19. The van der Waals surface area contributed by atoms with Crippen molar-refractivity contribution in [3.8, 4) is 0 Å². The zero-order valence-corrected chi connectivity index (χ0v) is 14.0. The van der Waals surface area contributed by atoms with Crippen LogP contribution in [0.25, 0.3) is 0 Å². The van der Waals surface area contributed by atoms with Crippen molar-refractivity contribution in [2.45, 2.75) is 72.1 Å². The number of allylic oxidation sites excluding steroid dienone is 4. The molecule has 0 aromatic heterocycles. The van der Waals surface area contributed by atoms with E-state index in [9.17, 15) is 0 Å². The van der Waals surface area contributed by atoms with Gasteiger partial charge in [0.15, 0.2) is 0 Å². The molecule has 0 atom stereocenters. The summed E-state index contributed by atoms with van der Waals surface area (Å²) in [5.74, 6) is 0. The second-order valence-corrected chi connectivity index (χ2v) is 6.60. The van der Waals surface area contributed by atoms with Gasteiger partial charge in [-0.05, 0) is 64.0 Å². The first-order valence-corrected chi connectivity index (χ1v) is 8.58. The van der Waals surface area contributed by atoms with Crippen LogP contribution in [0.4, 0.5) is 0 Å². The molecule has 1 aliphatic carbocycles. The summed E-state index contributed by atoms with van der Waals surface area (Å²) in [5, 5.41) is 0. The van der Waals surface area contributed by atoms with Gasteiger partial charge in [0.2, 0.25) is 0 Å². The quantitative estimate of drug-likeness (QED) is 0.474. The van der Waals surface area contributed by atoms with Crippen molar-refractivity contribution >= 4 is 0 Å². The van der Waals surface area contributed by atoms with Crippen molar-refractivity contribution in [1.82, 2.24) is 0 Å². The van der Waals surface area contributed by atoms with E-state index in [0.29, 0.717) is 0 Å². The SMILES string of the molecule is CC1=CCC(C)=C1CCCCCCCc1ccc(C)cc1. The lowest BCUT2D eigenvalue weighted by Gasteiger charge is -2.07. The van der Waals surface area contributed by atoms with Crippen LogP contribution >= 0.6 is 0 Å². The van der Waals surface area contributed by atoms with Gasteiger partial charge in [-0.1, -0.05) is 66.3 Å². The van der Waals surface area contributed by atoms with Gasteiger partial charge in [0, 0.05) is 0 Å². The van der Waals surface area contributed by atoms with E-state index in [0.717, 1.165) is 0 Å². The van der Waals surface area contributed by atoms with Crippen molar-refractivity contribution in [3.63, 3.8) is 0 Å². The molecule has 0 N–H and O–H groups in total. The standard InChI is InChI=1S/C21H30/c1-17-11-15-20(16-12-17)9-7-5-4-6-8-10-21-18(2)13-14-19(21)3/h11-13,15-16H,4-10,14H2,1-3H3. The Labute approximate surface area is 131 Å². The van der Waals surface area contributed by atoms with Gasteiger partial charge < -0.3 is 0 Å². The lowest BCUT2D eigenvalue weighted by Crippen LogP contribution is -1.88. The summed E-state index contributed by atoms with van der Waals surface area (Å²) >= 11 is 0. The normalized spacial score (nSPS) is 14.7. The summed E-state index contributed by atoms with van der Waals surface area (Å²) in [4.78, 5) is 0. The van der Waals surface area contributed by atoms with E-state index in [4.69, 9.17) is 0 Å². The predicted molar refractivity (Wildman–Crippen MR) is 93.7 cm³/mol. The highest BCUT2D eigenvalue weighted by Crippen LogP contribution is 2.29. The first kappa shape index (κ1) is 16.1. The minimum absolute atomic E-state index is 1.19. The van der Waals surface area contributed by atoms with Crippen molar-refractivity contribution in [1.29, 1.82) is 0 Å². The maximum atomic E-state index is 2.38. The molecular weight excluding hydrogens is 252 g/mol. The van der Waals surface area contributed by atoms with Crippen LogP contribution in [0.3, 0.4) is 0 Å². The van der Waals surface area contributed by atoms with Gasteiger partial charge in [0.25, 0.3) is 0 Å². The minimum Gasteiger partial charge on any atom is -0.0772 e. The average Bonchev–Trinajstić information content (AvgIpc) is 2.79. The van der Waals surface area contributed by atoms with Crippen molar-refractivity contribution < 1.29 is 0 Å². The van der Waals surface area contributed by atoms with Gasteiger partial charge in [-0.25, -0.2) is 0 Å². The van der Waals surface area contributed by atoms with Crippen molar-refractivity contribution in [2.24, 2.45) is 0 Å². The van der Waals surface area contributed by atoms with Crippen molar-refractivity contribution in [2.75, 3.05) is 0 Å². The Morgan fingerprint density at radius 3 is 2.00 bits per heavy atom. The van der Waals surface area contributed by atoms with Crippen LogP contribution in [0.15, 0.2) is 47.1 Å². The number of hydrogen-bond donors (Lipinski definition) is 0. The first-order valence-electron chi connectivity index (χ1n) is 8.58. The summed E-state index contributed by atoms with van der Waals surface area (Å²) < 4.78 is 0. The second-order valence-electron chi connectivity index (χ2n) is 6.60. The smallest absolute Gasteiger partial charge is 0.0130 e. The zero-order valence-electron chi connectivity index (χ0n) is 14.0. The Bertz CT molecular complexity index is 499. The largest absolute Gasteiger partial charge is 0.0772 e. The topological polar surface area (TPSA) is 0 Å². The zero-order chi connectivity index (χ0) is 15.1. The number of aryl methyl sites for hydroxylation is 2. The van der Waals surface area contributed by atoms with Gasteiger partial charge in [-0.2, -0.15) is 0 Å². The molecular formula is C21H30. The number of benzene rings is 1.